The second kappa shape index (κ2) is 6.04. The largest absolute Gasteiger partial charge is 0.307 e. The van der Waals surface area contributed by atoms with Gasteiger partial charge in [-0.05, 0) is 49.7 Å². The fourth-order valence-electron chi connectivity index (χ4n) is 3.42. The SMILES string of the molecule is CC1CN(C)CCC1NC1CCSc2c(F)cccc21. The first kappa shape index (κ1) is 14.4. The van der Waals surface area contributed by atoms with Gasteiger partial charge in [0.1, 0.15) is 5.82 Å². The highest BCUT2D eigenvalue weighted by molar-refractivity contribution is 7.99. The zero-order valence-electron chi connectivity index (χ0n) is 12.2. The van der Waals surface area contributed by atoms with Crippen molar-refractivity contribution in [3.8, 4) is 0 Å². The van der Waals surface area contributed by atoms with Gasteiger partial charge in [-0.1, -0.05) is 19.1 Å². The van der Waals surface area contributed by atoms with Gasteiger partial charge in [0.15, 0.2) is 0 Å². The minimum atomic E-state index is -0.0598. The monoisotopic (exact) mass is 294 g/mol. The average Bonchev–Trinajstić information content (AvgIpc) is 2.43. The van der Waals surface area contributed by atoms with Crippen molar-refractivity contribution < 1.29 is 4.39 Å². The van der Waals surface area contributed by atoms with Crippen LogP contribution in [-0.4, -0.2) is 36.8 Å². The summed E-state index contributed by atoms with van der Waals surface area (Å²) in [6, 6.07) is 6.37. The molecule has 1 aromatic carbocycles. The molecule has 1 N–H and O–H groups in total. The van der Waals surface area contributed by atoms with Crippen molar-refractivity contribution in [3.05, 3.63) is 29.6 Å². The van der Waals surface area contributed by atoms with Gasteiger partial charge in [0.25, 0.3) is 0 Å². The van der Waals surface area contributed by atoms with Crippen LogP contribution in [0.2, 0.25) is 0 Å². The summed E-state index contributed by atoms with van der Waals surface area (Å²) in [4.78, 5) is 3.25. The lowest BCUT2D eigenvalue weighted by molar-refractivity contribution is 0.164. The number of benzene rings is 1. The number of likely N-dealkylation sites (tertiary alicyclic amines) is 1. The van der Waals surface area contributed by atoms with Crippen molar-refractivity contribution in [2.24, 2.45) is 5.92 Å². The van der Waals surface area contributed by atoms with Crippen molar-refractivity contribution in [1.29, 1.82) is 0 Å². The summed E-state index contributed by atoms with van der Waals surface area (Å²) in [5, 5.41) is 3.80. The highest BCUT2D eigenvalue weighted by Crippen LogP contribution is 2.38. The predicted octanol–water partition coefficient (Wildman–Crippen LogP) is 3.29. The van der Waals surface area contributed by atoms with E-state index in [2.05, 4.69) is 30.3 Å². The molecule has 0 saturated carbocycles. The molecule has 2 heterocycles. The van der Waals surface area contributed by atoms with Crippen LogP contribution >= 0.6 is 11.8 Å². The maximum absolute atomic E-state index is 13.9. The molecule has 3 rings (SSSR count). The van der Waals surface area contributed by atoms with E-state index in [4.69, 9.17) is 0 Å². The minimum Gasteiger partial charge on any atom is -0.307 e. The number of rotatable bonds is 2. The zero-order valence-corrected chi connectivity index (χ0v) is 13.0. The van der Waals surface area contributed by atoms with Gasteiger partial charge in [0.2, 0.25) is 0 Å². The highest BCUT2D eigenvalue weighted by atomic mass is 32.2. The Kier molecular flexibility index (Phi) is 4.34. The first-order valence-corrected chi connectivity index (χ1v) is 8.49. The molecule has 1 aromatic rings. The van der Waals surface area contributed by atoms with Crippen LogP contribution in [0.4, 0.5) is 4.39 Å². The predicted molar refractivity (Wildman–Crippen MR) is 82.7 cm³/mol. The molecule has 0 radical (unpaired) electrons. The van der Waals surface area contributed by atoms with Crippen LogP contribution in [0.25, 0.3) is 0 Å². The van der Waals surface area contributed by atoms with E-state index in [-0.39, 0.29) is 5.82 Å². The maximum Gasteiger partial charge on any atom is 0.137 e. The highest BCUT2D eigenvalue weighted by Gasteiger charge is 2.29. The van der Waals surface area contributed by atoms with Crippen molar-refractivity contribution in [1.82, 2.24) is 10.2 Å². The number of thioether (sulfide) groups is 1. The molecule has 3 atom stereocenters. The molecular formula is C16H23FN2S. The first-order chi connectivity index (χ1) is 9.65. The fraction of sp³-hybridized carbons (Fsp3) is 0.625. The third-order valence-corrected chi connectivity index (χ3v) is 5.71. The number of hydrogen-bond acceptors (Lipinski definition) is 3. The van der Waals surface area contributed by atoms with Gasteiger partial charge in [0, 0.05) is 23.5 Å². The van der Waals surface area contributed by atoms with Gasteiger partial charge in [-0.25, -0.2) is 4.39 Å². The van der Waals surface area contributed by atoms with Gasteiger partial charge in [-0.3, -0.25) is 0 Å². The minimum absolute atomic E-state index is 0.0598. The lowest BCUT2D eigenvalue weighted by atomic mass is 9.92. The number of piperidine rings is 1. The molecule has 0 amide bonds. The number of hydrogen-bond donors (Lipinski definition) is 1. The molecule has 0 aromatic heterocycles. The van der Waals surface area contributed by atoms with Crippen molar-refractivity contribution in [2.45, 2.75) is 36.7 Å². The van der Waals surface area contributed by atoms with E-state index < -0.39 is 0 Å². The van der Waals surface area contributed by atoms with Crippen LogP contribution in [-0.2, 0) is 0 Å². The molecule has 3 unspecified atom stereocenters. The molecule has 2 nitrogen and oxygen atoms in total. The number of nitrogens with one attached hydrogen (secondary N) is 1. The summed E-state index contributed by atoms with van der Waals surface area (Å²) in [7, 11) is 2.19. The molecule has 2 aliphatic rings. The molecule has 4 heteroatoms. The summed E-state index contributed by atoms with van der Waals surface area (Å²) < 4.78 is 13.9. The summed E-state index contributed by atoms with van der Waals surface area (Å²) in [6.45, 7) is 4.62. The molecule has 0 bridgehead atoms. The molecule has 0 aliphatic carbocycles. The second-order valence-corrected chi connectivity index (χ2v) is 7.25. The van der Waals surface area contributed by atoms with E-state index in [0.29, 0.717) is 18.0 Å². The summed E-state index contributed by atoms with van der Waals surface area (Å²) in [6.07, 6.45) is 2.28. The molecular weight excluding hydrogens is 271 g/mol. The normalized spacial score (nSPS) is 31.1. The van der Waals surface area contributed by atoms with Crippen LogP contribution in [0.3, 0.4) is 0 Å². The number of nitrogens with zero attached hydrogens (tertiary/aromatic N) is 1. The van der Waals surface area contributed by atoms with Crippen molar-refractivity contribution in [3.63, 3.8) is 0 Å². The van der Waals surface area contributed by atoms with E-state index in [1.807, 2.05) is 6.07 Å². The smallest absolute Gasteiger partial charge is 0.137 e. The fourth-order valence-corrected chi connectivity index (χ4v) is 4.56. The van der Waals surface area contributed by atoms with E-state index >= 15 is 0 Å². The molecule has 1 fully saturated rings. The van der Waals surface area contributed by atoms with Crippen molar-refractivity contribution in [2.75, 3.05) is 25.9 Å². The van der Waals surface area contributed by atoms with Gasteiger partial charge in [-0.15, -0.1) is 11.8 Å². The molecule has 1 saturated heterocycles. The van der Waals surface area contributed by atoms with Crippen LogP contribution in [0.5, 0.6) is 0 Å². The van der Waals surface area contributed by atoms with Gasteiger partial charge in [-0.2, -0.15) is 0 Å². The Morgan fingerprint density at radius 2 is 2.20 bits per heavy atom. The second-order valence-electron chi connectivity index (χ2n) is 6.15. The Bertz CT molecular complexity index is 480. The molecule has 2 aliphatic heterocycles. The first-order valence-electron chi connectivity index (χ1n) is 7.51. The Morgan fingerprint density at radius 3 is 3.00 bits per heavy atom. The zero-order chi connectivity index (χ0) is 14.1. The van der Waals surface area contributed by atoms with E-state index in [1.165, 1.54) is 6.42 Å². The lowest BCUT2D eigenvalue weighted by Crippen LogP contribution is -2.48. The van der Waals surface area contributed by atoms with Crippen LogP contribution in [0.1, 0.15) is 31.4 Å². The third-order valence-electron chi connectivity index (χ3n) is 4.55. The number of fused-ring (bicyclic) bond motifs is 1. The summed E-state index contributed by atoms with van der Waals surface area (Å²) in [5.41, 5.74) is 1.16. The Morgan fingerprint density at radius 1 is 1.35 bits per heavy atom. The van der Waals surface area contributed by atoms with Crippen LogP contribution in [0, 0.1) is 11.7 Å². The van der Waals surface area contributed by atoms with Gasteiger partial charge in [0.05, 0.1) is 0 Å². The standard InChI is InChI=1S/C16H23FN2S/c1-11-10-19(2)8-6-14(11)18-15-7-9-20-16-12(15)4-3-5-13(16)17/h3-5,11,14-15,18H,6-10H2,1-2H3. The Balaban J connectivity index is 1.75. The quantitative estimate of drug-likeness (QED) is 0.901. The summed E-state index contributed by atoms with van der Waals surface area (Å²) >= 11 is 1.66. The molecule has 0 spiro atoms. The Labute approximate surface area is 125 Å². The van der Waals surface area contributed by atoms with E-state index in [0.717, 1.165) is 35.7 Å². The molecule has 110 valence electrons. The van der Waals surface area contributed by atoms with Crippen LogP contribution < -0.4 is 5.32 Å². The van der Waals surface area contributed by atoms with E-state index in [9.17, 15) is 4.39 Å². The Hall–Kier alpha value is -0.580. The average molecular weight is 294 g/mol. The number of halogens is 1. The third kappa shape index (κ3) is 2.87. The van der Waals surface area contributed by atoms with Crippen LogP contribution in [0.15, 0.2) is 23.1 Å². The lowest BCUT2D eigenvalue weighted by Gasteiger charge is -2.38. The maximum atomic E-state index is 13.9. The summed E-state index contributed by atoms with van der Waals surface area (Å²) in [5.74, 6) is 1.60. The van der Waals surface area contributed by atoms with E-state index in [1.54, 1.807) is 17.8 Å². The topological polar surface area (TPSA) is 15.3 Å². The van der Waals surface area contributed by atoms with Gasteiger partial charge < -0.3 is 10.2 Å². The van der Waals surface area contributed by atoms with Gasteiger partial charge >= 0.3 is 0 Å². The molecule has 20 heavy (non-hydrogen) atoms. The van der Waals surface area contributed by atoms with Crippen molar-refractivity contribution >= 4 is 11.8 Å².